The van der Waals surface area contributed by atoms with Crippen LogP contribution in [-0.4, -0.2) is 42.9 Å². The van der Waals surface area contributed by atoms with Gasteiger partial charge in [0.2, 0.25) is 15.9 Å². The highest BCUT2D eigenvalue weighted by molar-refractivity contribution is 7.89. The third kappa shape index (κ3) is 6.40. The van der Waals surface area contributed by atoms with Gasteiger partial charge in [-0.1, -0.05) is 11.6 Å². The summed E-state index contributed by atoms with van der Waals surface area (Å²) in [5.41, 5.74) is -0.789. The largest absolute Gasteiger partial charge is 0.365 e. The van der Waals surface area contributed by atoms with Gasteiger partial charge in [0.25, 0.3) is 5.69 Å². The molecule has 0 spiro atoms. The smallest absolute Gasteiger partial charge is 0.293 e. The van der Waals surface area contributed by atoms with Gasteiger partial charge in [0, 0.05) is 30.9 Å². The molecule has 1 saturated heterocycles. The fraction of sp³-hybridized carbons (Fsp3) is 0.429. The molecule has 2 N–H and O–H groups in total. The molecule has 2 aromatic rings. The number of rotatable bonds is 6. The predicted molar refractivity (Wildman–Crippen MR) is 126 cm³/mol. The maximum absolute atomic E-state index is 12.7. The number of nitro groups is 1. The molecule has 12 heteroatoms. The van der Waals surface area contributed by atoms with Crippen molar-refractivity contribution in [3.63, 3.8) is 0 Å². The Balaban J connectivity index is 1.82. The number of pyridine rings is 1. The molecular formula is C21H26ClN5O5S. The lowest BCUT2D eigenvalue weighted by atomic mass is 9.96. The van der Waals surface area contributed by atoms with E-state index in [9.17, 15) is 23.3 Å². The van der Waals surface area contributed by atoms with E-state index in [0.29, 0.717) is 30.2 Å². The van der Waals surface area contributed by atoms with Crippen molar-refractivity contribution in [2.75, 3.05) is 23.3 Å². The number of hydrogen-bond donors (Lipinski definition) is 2. The molecule has 2 heterocycles. The van der Waals surface area contributed by atoms with Crippen molar-refractivity contribution in [2.45, 2.75) is 44.0 Å². The van der Waals surface area contributed by atoms with Gasteiger partial charge < -0.3 is 10.2 Å². The Bertz CT molecular complexity index is 1150. The molecule has 0 radical (unpaired) electrons. The number of carbonyl (C=O) groups excluding carboxylic acids is 1. The highest BCUT2D eigenvalue weighted by Gasteiger charge is 2.31. The summed E-state index contributed by atoms with van der Waals surface area (Å²) in [6, 6.07) is 7.04. The molecule has 1 aromatic carbocycles. The molecule has 178 valence electrons. The predicted octanol–water partition coefficient (Wildman–Crippen LogP) is 3.58. The van der Waals surface area contributed by atoms with Crippen LogP contribution in [0.15, 0.2) is 41.4 Å². The summed E-state index contributed by atoms with van der Waals surface area (Å²) in [6.07, 6.45) is 2.69. The summed E-state index contributed by atoms with van der Waals surface area (Å²) in [5, 5.41) is 15.0. The van der Waals surface area contributed by atoms with Gasteiger partial charge in [-0.25, -0.2) is 18.1 Å². The molecule has 33 heavy (non-hydrogen) atoms. The Labute approximate surface area is 197 Å². The van der Waals surface area contributed by atoms with Crippen molar-refractivity contribution >= 4 is 44.7 Å². The van der Waals surface area contributed by atoms with Crippen LogP contribution in [0.5, 0.6) is 0 Å². The quantitative estimate of drug-likeness (QED) is 0.462. The van der Waals surface area contributed by atoms with Gasteiger partial charge in [0.15, 0.2) is 0 Å². The second-order valence-corrected chi connectivity index (χ2v) is 11.0. The Morgan fingerprint density at radius 2 is 2.00 bits per heavy atom. The lowest BCUT2D eigenvalue weighted by Gasteiger charge is -2.33. The minimum absolute atomic E-state index is 0.187. The van der Waals surface area contributed by atoms with Crippen LogP contribution in [0, 0.1) is 16.0 Å². The highest BCUT2D eigenvalue weighted by atomic mass is 35.5. The van der Waals surface area contributed by atoms with Crippen molar-refractivity contribution in [3.8, 4) is 0 Å². The van der Waals surface area contributed by atoms with Crippen LogP contribution in [0.25, 0.3) is 0 Å². The van der Waals surface area contributed by atoms with Gasteiger partial charge in [0.05, 0.1) is 20.8 Å². The molecule has 1 aliphatic rings. The Hall–Kier alpha value is -2.76. The molecule has 10 nitrogen and oxygen atoms in total. The fourth-order valence-corrected chi connectivity index (χ4v) is 5.18. The Morgan fingerprint density at radius 1 is 1.27 bits per heavy atom. The van der Waals surface area contributed by atoms with Gasteiger partial charge in [-0.2, -0.15) is 0 Å². The van der Waals surface area contributed by atoms with Crippen molar-refractivity contribution in [1.29, 1.82) is 0 Å². The zero-order valence-corrected chi connectivity index (χ0v) is 20.1. The molecule has 1 fully saturated rings. The molecule has 1 unspecified atom stereocenters. The molecular weight excluding hydrogens is 470 g/mol. The second kappa shape index (κ2) is 9.62. The zero-order chi connectivity index (χ0) is 24.4. The standard InChI is InChI=1S/C21H26ClN5O5S/c1-21(2,3)25-33(31,32)16-7-8-17(18(11-16)27(29)30)26-10-4-5-14(13-26)20(28)24-19-9-6-15(22)12-23-19/h6-9,11-12,14,25H,4-5,10,13H2,1-3H3,(H,23,24,28). The maximum Gasteiger partial charge on any atom is 0.293 e. The second-order valence-electron chi connectivity index (χ2n) is 8.90. The summed E-state index contributed by atoms with van der Waals surface area (Å²) in [4.78, 5) is 29.5. The average Bonchev–Trinajstić information content (AvgIpc) is 2.73. The van der Waals surface area contributed by atoms with Crippen LogP contribution in [0.4, 0.5) is 17.2 Å². The number of hydrogen-bond acceptors (Lipinski definition) is 7. The SMILES string of the molecule is CC(C)(C)NS(=O)(=O)c1ccc(N2CCCC(C(=O)Nc3ccc(Cl)cn3)C2)c([N+](=O)[O-])c1. The Morgan fingerprint density at radius 3 is 2.61 bits per heavy atom. The number of halogens is 1. The molecule has 0 saturated carbocycles. The Kier molecular flexibility index (Phi) is 7.25. The van der Waals surface area contributed by atoms with Crippen LogP contribution in [0.1, 0.15) is 33.6 Å². The summed E-state index contributed by atoms with van der Waals surface area (Å²) in [7, 11) is -3.94. The molecule has 0 aliphatic carbocycles. The minimum Gasteiger partial charge on any atom is -0.365 e. The van der Waals surface area contributed by atoms with E-state index in [1.54, 1.807) is 37.8 Å². The number of nitrogens with one attached hydrogen (secondary N) is 2. The normalized spacial score (nSPS) is 17.0. The monoisotopic (exact) mass is 495 g/mol. The lowest BCUT2D eigenvalue weighted by molar-refractivity contribution is -0.384. The van der Waals surface area contributed by atoms with E-state index in [1.165, 1.54) is 18.3 Å². The number of piperidine rings is 1. The number of nitrogens with zero attached hydrogens (tertiary/aromatic N) is 3. The van der Waals surface area contributed by atoms with Crippen LogP contribution in [0.3, 0.4) is 0 Å². The van der Waals surface area contributed by atoms with E-state index in [2.05, 4.69) is 15.0 Å². The van der Waals surface area contributed by atoms with Crippen LogP contribution in [-0.2, 0) is 14.8 Å². The van der Waals surface area contributed by atoms with Gasteiger partial charge in [-0.05, 0) is 57.9 Å². The van der Waals surface area contributed by atoms with Crippen LogP contribution >= 0.6 is 11.6 Å². The topological polar surface area (TPSA) is 135 Å². The van der Waals surface area contributed by atoms with Crippen molar-refractivity contribution in [1.82, 2.24) is 9.71 Å². The molecule has 1 aromatic heterocycles. The molecule has 3 rings (SSSR count). The summed E-state index contributed by atoms with van der Waals surface area (Å²) in [5.74, 6) is -0.291. The lowest BCUT2D eigenvalue weighted by Crippen LogP contribution is -2.41. The van der Waals surface area contributed by atoms with Crippen LogP contribution in [0.2, 0.25) is 5.02 Å². The third-order valence-electron chi connectivity index (χ3n) is 5.01. The number of sulfonamides is 1. The number of anilines is 2. The number of amides is 1. The number of aromatic nitrogens is 1. The van der Waals surface area contributed by atoms with E-state index < -0.39 is 26.4 Å². The zero-order valence-electron chi connectivity index (χ0n) is 18.5. The number of benzene rings is 1. The van der Waals surface area contributed by atoms with Gasteiger partial charge >= 0.3 is 0 Å². The first-order valence-electron chi connectivity index (χ1n) is 10.4. The summed E-state index contributed by atoms with van der Waals surface area (Å²) < 4.78 is 27.8. The van der Waals surface area contributed by atoms with Crippen molar-refractivity contribution in [3.05, 3.63) is 51.7 Å². The third-order valence-corrected chi connectivity index (χ3v) is 6.99. The van der Waals surface area contributed by atoms with E-state index in [0.717, 1.165) is 6.07 Å². The number of nitro benzene ring substituents is 1. The first-order chi connectivity index (χ1) is 15.4. The summed E-state index contributed by atoms with van der Waals surface area (Å²) in [6.45, 7) is 5.83. The minimum atomic E-state index is -3.94. The molecule has 1 amide bonds. The van der Waals surface area contributed by atoms with Crippen molar-refractivity contribution in [2.24, 2.45) is 5.92 Å². The molecule has 0 bridgehead atoms. The number of carbonyl (C=O) groups is 1. The molecule has 1 aliphatic heterocycles. The van der Waals surface area contributed by atoms with E-state index in [-0.39, 0.29) is 28.7 Å². The van der Waals surface area contributed by atoms with E-state index >= 15 is 0 Å². The summed E-state index contributed by atoms with van der Waals surface area (Å²) >= 11 is 5.82. The van der Waals surface area contributed by atoms with Gasteiger partial charge in [0.1, 0.15) is 11.5 Å². The fourth-order valence-electron chi connectivity index (χ4n) is 3.63. The highest BCUT2D eigenvalue weighted by Crippen LogP contribution is 2.34. The van der Waals surface area contributed by atoms with Gasteiger partial charge in [-0.3, -0.25) is 14.9 Å². The first-order valence-corrected chi connectivity index (χ1v) is 12.2. The van der Waals surface area contributed by atoms with Crippen LogP contribution < -0.4 is 14.9 Å². The van der Waals surface area contributed by atoms with E-state index in [4.69, 9.17) is 11.6 Å². The first kappa shape index (κ1) is 24.9. The van der Waals surface area contributed by atoms with Crippen molar-refractivity contribution < 1.29 is 18.1 Å². The van der Waals surface area contributed by atoms with E-state index in [1.807, 2.05) is 0 Å². The molecule has 1 atom stereocenters. The van der Waals surface area contributed by atoms with Gasteiger partial charge in [-0.15, -0.1) is 0 Å². The average molecular weight is 496 g/mol. The maximum atomic E-state index is 12.7.